The lowest BCUT2D eigenvalue weighted by molar-refractivity contribution is -0.135. The van der Waals surface area contributed by atoms with Crippen LogP contribution in [0.15, 0.2) is 48.5 Å². The summed E-state index contributed by atoms with van der Waals surface area (Å²) in [6, 6.07) is 16.3. The minimum atomic E-state index is -0.217. The molecule has 1 saturated heterocycles. The van der Waals surface area contributed by atoms with Crippen molar-refractivity contribution in [3.05, 3.63) is 59.7 Å². The quantitative estimate of drug-likeness (QED) is 0.797. The highest BCUT2D eigenvalue weighted by Crippen LogP contribution is 2.45. The van der Waals surface area contributed by atoms with E-state index in [4.69, 9.17) is 0 Å². The van der Waals surface area contributed by atoms with E-state index in [-0.39, 0.29) is 11.8 Å². The van der Waals surface area contributed by atoms with Crippen molar-refractivity contribution >= 4 is 12.3 Å². The van der Waals surface area contributed by atoms with Crippen LogP contribution in [0.4, 0.5) is 0 Å². The van der Waals surface area contributed by atoms with Crippen LogP contribution in [0.5, 0.6) is 0 Å². The maximum Gasteiger partial charge on any atom is 0.234 e. The molecule has 0 atom stereocenters. The predicted octanol–water partition coefficient (Wildman–Crippen LogP) is 2.10. The lowest BCUT2D eigenvalue weighted by Gasteiger charge is -2.34. The molecule has 0 saturated carbocycles. The molecule has 4 nitrogen and oxygen atoms in total. The molecule has 0 spiro atoms. The molecule has 0 unspecified atom stereocenters. The summed E-state index contributed by atoms with van der Waals surface area (Å²) in [4.78, 5) is 27.6. The number of benzene rings is 2. The molecule has 23 heavy (non-hydrogen) atoms. The zero-order chi connectivity index (χ0) is 15.8. The Morgan fingerprint density at radius 3 is 1.91 bits per heavy atom. The van der Waals surface area contributed by atoms with Gasteiger partial charge in [0.25, 0.3) is 0 Å². The number of hydrogen-bond donors (Lipinski definition) is 0. The van der Waals surface area contributed by atoms with Crippen LogP contribution in [0.25, 0.3) is 11.1 Å². The van der Waals surface area contributed by atoms with Crippen molar-refractivity contribution in [3.63, 3.8) is 0 Å². The number of amides is 2. The average molecular weight is 306 g/mol. The lowest BCUT2D eigenvalue weighted by Crippen LogP contribution is -2.49. The fourth-order valence-corrected chi connectivity index (χ4v) is 3.65. The van der Waals surface area contributed by atoms with Gasteiger partial charge in [0, 0.05) is 26.2 Å². The van der Waals surface area contributed by atoms with Crippen molar-refractivity contribution in [2.45, 2.75) is 5.92 Å². The van der Waals surface area contributed by atoms with E-state index in [1.807, 2.05) is 29.2 Å². The molecule has 0 aromatic heterocycles. The van der Waals surface area contributed by atoms with E-state index in [1.54, 1.807) is 4.90 Å². The van der Waals surface area contributed by atoms with E-state index in [0.717, 1.165) is 28.7 Å². The molecule has 2 aromatic carbocycles. The summed E-state index contributed by atoms with van der Waals surface area (Å²) in [6.07, 6.45) is 0.863. The van der Waals surface area contributed by atoms with Crippen LogP contribution < -0.4 is 0 Å². The maximum atomic E-state index is 13.1. The van der Waals surface area contributed by atoms with Gasteiger partial charge >= 0.3 is 0 Å². The smallest absolute Gasteiger partial charge is 0.234 e. The van der Waals surface area contributed by atoms with Gasteiger partial charge in [0.05, 0.1) is 5.92 Å². The topological polar surface area (TPSA) is 40.6 Å². The van der Waals surface area contributed by atoms with Gasteiger partial charge in [0.2, 0.25) is 12.3 Å². The maximum absolute atomic E-state index is 13.1. The molecule has 0 bridgehead atoms. The summed E-state index contributed by atoms with van der Waals surface area (Å²) in [5.74, 6) is -0.0712. The molecule has 4 heteroatoms. The largest absolute Gasteiger partial charge is 0.342 e. The van der Waals surface area contributed by atoms with E-state index in [2.05, 4.69) is 24.3 Å². The SMILES string of the molecule is O=CN1CCN(C(=O)C2c3ccccc3-c3ccccc32)CC1. The highest BCUT2D eigenvalue weighted by Gasteiger charge is 2.36. The summed E-state index contributed by atoms with van der Waals surface area (Å²) >= 11 is 0. The first-order valence-electron chi connectivity index (χ1n) is 7.96. The molecule has 0 radical (unpaired) electrons. The predicted molar refractivity (Wildman–Crippen MR) is 87.9 cm³/mol. The molecule has 2 aromatic rings. The molecule has 1 aliphatic carbocycles. The van der Waals surface area contributed by atoms with E-state index in [0.29, 0.717) is 26.2 Å². The van der Waals surface area contributed by atoms with E-state index < -0.39 is 0 Å². The molecular weight excluding hydrogens is 288 g/mol. The van der Waals surface area contributed by atoms with Gasteiger partial charge in [-0.25, -0.2) is 0 Å². The first-order valence-corrected chi connectivity index (χ1v) is 7.96. The number of piperazine rings is 1. The second-order valence-electron chi connectivity index (χ2n) is 6.07. The zero-order valence-electron chi connectivity index (χ0n) is 12.8. The fourth-order valence-electron chi connectivity index (χ4n) is 3.65. The Morgan fingerprint density at radius 2 is 1.39 bits per heavy atom. The van der Waals surface area contributed by atoms with Crippen molar-refractivity contribution < 1.29 is 9.59 Å². The lowest BCUT2D eigenvalue weighted by atomic mass is 9.95. The number of fused-ring (bicyclic) bond motifs is 3. The van der Waals surface area contributed by atoms with Gasteiger partial charge in [-0.2, -0.15) is 0 Å². The molecule has 0 N–H and O–H groups in total. The van der Waals surface area contributed by atoms with Gasteiger partial charge in [0.1, 0.15) is 0 Å². The van der Waals surface area contributed by atoms with E-state index in [9.17, 15) is 9.59 Å². The molecular formula is C19H18N2O2. The Kier molecular flexibility index (Phi) is 3.37. The Morgan fingerprint density at radius 1 is 0.870 bits per heavy atom. The van der Waals surface area contributed by atoms with Gasteiger partial charge in [-0.1, -0.05) is 48.5 Å². The standard InChI is InChI=1S/C19H18N2O2/c22-13-20-9-11-21(12-10-20)19(23)18-16-7-3-1-5-14(16)15-6-2-4-8-17(15)18/h1-8,13,18H,9-12H2. The van der Waals surface area contributed by atoms with E-state index >= 15 is 0 Å². The summed E-state index contributed by atoms with van der Waals surface area (Å²) < 4.78 is 0. The van der Waals surface area contributed by atoms with Gasteiger partial charge in [0.15, 0.2) is 0 Å². The van der Waals surface area contributed by atoms with Crippen molar-refractivity contribution in [1.82, 2.24) is 9.80 Å². The summed E-state index contributed by atoms with van der Waals surface area (Å²) in [5, 5.41) is 0. The van der Waals surface area contributed by atoms with Crippen LogP contribution in [-0.2, 0) is 9.59 Å². The normalized spacial score (nSPS) is 16.9. The van der Waals surface area contributed by atoms with Crippen LogP contribution in [0.1, 0.15) is 17.0 Å². The Balaban J connectivity index is 1.69. The number of rotatable bonds is 2. The second kappa shape index (κ2) is 5.54. The molecule has 1 aliphatic heterocycles. The van der Waals surface area contributed by atoms with Gasteiger partial charge in [-0.05, 0) is 22.3 Å². The minimum Gasteiger partial charge on any atom is -0.342 e. The van der Waals surface area contributed by atoms with Gasteiger partial charge in [-0.15, -0.1) is 0 Å². The van der Waals surface area contributed by atoms with Crippen molar-refractivity contribution in [2.75, 3.05) is 26.2 Å². The molecule has 1 fully saturated rings. The monoisotopic (exact) mass is 306 g/mol. The molecule has 4 rings (SSSR count). The number of hydrogen-bond acceptors (Lipinski definition) is 2. The third-order valence-electron chi connectivity index (χ3n) is 4.86. The summed E-state index contributed by atoms with van der Waals surface area (Å²) in [5.41, 5.74) is 4.51. The fraction of sp³-hybridized carbons (Fsp3) is 0.263. The molecule has 1 heterocycles. The third kappa shape index (κ3) is 2.22. The second-order valence-corrected chi connectivity index (χ2v) is 6.07. The summed E-state index contributed by atoms with van der Waals surface area (Å²) in [7, 11) is 0. The third-order valence-corrected chi connectivity index (χ3v) is 4.86. The minimum absolute atomic E-state index is 0.146. The molecule has 2 aliphatic rings. The van der Waals surface area contributed by atoms with Crippen LogP contribution >= 0.6 is 0 Å². The van der Waals surface area contributed by atoms with Gasteiger partial charge < -0.3 is 9.80 Å². The highest BCUT2D eigenvalue weighted by atomic mass is 16.2. The van der Waals surface area contributed by atoms with Gasteiger partial charge in [-0.3, -0.25) is 9.59 Å². The Bertz CT molecular complexity index is 718. The molecule has 116 valence electrons. The van der Waals surface area contributed by atoms with Crippen molar-refractivity contribution in [1.29, 1.82) is 0 Å². The Labute approximate surface area is 135 Å². The van der Waals surface area contributed by atoms with Crippen LogP contribution in [-0.4, -0.2) is 48.3 Å². The van der Waals surface area contributed by atoms with Crippen molar-refractivity contribution in [2.24, 2.45) is 0 Å². The highest BCUT2D eigenvalue weighted by molar-refractivity contribution is 5.96. The first kappa shape index (κ1) is 14.0. The van der Waals surface area contributed by atoms with E-state index in [1.165, 1.54) is 0 Å². The first-order chi connectivity index (χ1) is 11.3. The zero-order valence-corrected chi connectivity index (χ0v) is 12.8. The van der Waals surface area contributed by atoms with Crippen LogP contribution in [0.2, 0.25) is 0 Å². The molecule has 2 amide bonds. The number of carbonyl (C=O) groups is 2. The Hall–Kier alpha value is -2.62. The summed E-state index contributed by atoms with van der Waals surface area (Å²) in [6.45, 7) is 2.45. The number of nitrogens with zero attached hydrogens (tertiary/aromatic N) is 2. The average Bonchev–Trinajstić information content (AvgIpc) is 2.96. The van der Waals surface area contributed by atoms with Crippen LogP contribution in [0, 0.1) is 0 Å². The number of carbonyl (C=O) groups excluding carboxylic acids is 2. The van der Waals surface area contributed by atoms with Crippen molar-refractivity contribution in [3.8, 4) is 11.1 Å². The van der Waals surface area contributed by atoms with Crippen LogP contribution in [0.3, 0.4) is 0 Å².